The van der Waals surface area contributed by atoms with E-state index in [-0.39, 0.29) is 22.8 Å². The number of benzene rings is 2. The van der Waals surface area contributed by atoms with E-state index in [0.29, 0.717) is 23.8 Å². The summed E-state index contributed by atoms with van der Waals surface area (Å²) in [6.45, 7) is 2.81. The van der Waals surface area contributed by atoms with Crippen LogP contribution >= 0.6 is 11.6 Å². The Hall–Kier alpha value is -3.65. The number of non-ortho nitro benzene ring substituents is 1. The first-order valence-corrected chi connectivity index (χ1v) is 9.92. The summed E-state index contributed by atoms with van der Waals surface area (Å²) in [5, 5.41) is 13.5. The van der Waals surface area contributed by atoms with E-state index >= 15 is 0 Å². The molecule has 0 aliphatic heterocycles. The second-order valence-corrected chi connectivity index (χ2v) is 6.90. The van der Waals surface area contributed by atoms with Gasteiger partial charge in [0.2, 0.25) is 5.88 Å². The van der Waals surface area contributed by atoms with Crippen LogP contribution in [0.25, 0.3) is 0 Å². The van der Waals surface area contributed by atoms with E-state index < -0.39 is 10.8 Å². The van der Waals surface area contributed by atoms with Crippen molar-refractivity contribution in [1.82, 2.24) is 10.3 Å². The van der Waals surface area contributed by atoms with E-state index in [2.05, 4.69) is 10.3 Å². The minimum absolute atomic E-state index is 0.000239. The molecule has 0 spiro atoms. The number of nitro benzene ring substituents is 1. The minimum atomic E-state index is -0.574. The van der Waals surface area contributed by atoms with Gasteiger partial charge in [0.05, 0.1) is 22.1 Å². The number of hydrogen-bond acceptors (Lipinski definition) is 6. The predicted octanol–water partition coefficient (Wildman–Crippen LogP) is 5.15. The summed E-state index contributed by atoms with van der Waals surface area (Å²) in [7, 11) is 0. The molecule has 0 bridgehead atoms. The van der Waals surface area contributed by atoms with Gasteiger partial charge in [0, 0.05) is 30.4 Å². The molecular formula is C22H20ClN3O5. The molecule has 1 heterocycles. The van der Waals surface area contributed by atoms with Gasteiger partial charge < -0.3 is 14.8 Å². The Kier molecular flexibility index (Phi) is 7.40. The van der Waals surface area contributed by atoms with Gasteiger partial charge in [-0.05, 0) is 42.8 Å². The molecule has 0 aliphatic carbocycles. The molecule has 0 aliphatic rings. The van der Waals surface area contributed by atoms with Crippen LogP contribution < -0.4 is 14.8 Å². The second-order valence-electron chi connectivity index (χ2n) is 6.49. The van der Waals surface area contributed by atoms with Gasteiger partial charge in [0.25, 0.3) is 11.6 Å². The lowest BCUT2D eigenvalue weighted by Gasteiger charge is -2.12. The standard InChI is InChI=1S/C22H20ClN3O5/c1-2-12-30-17-6-8-18(9-7-17)31-22-15(4-3-11-24-22)14-25-21(27)19-10-5-16(26(28)29)13-20(19)23/h3-11,13H,2,12,14H2,1H3,(H,25,27). The van der Waals surface area contributed by atoms with E-state index in [1.165, 1.54) is 12.1 Å². The number of pyridine rings is 1. The number of carbonyl (C=O) groups is 1. The third-order valence-electron chi connectivity index (χ3n) is 4.21. The lowest BCUT2D eigenvalue weighted by molar-refractivity contribution is -0.384. The van der Waals surface area contributed by atoms with Crippen LogP contribution in [0.1, 0.15) is 29.3 Å². The predicted molar refractivity (Wildman–Crippen MR) is 116 cm³/mol. The molecule has 3 aromatic rings. The highest BCUT2D eigenvalue weighted by Gasteiger charge is 2.16. The molecular weight excluding hydrogens is 422 g/mol. The van der Waals surface area contributed by atoms with E-state index in [1.54, 1.807) is 30.5 Å². The Morgan fingerprint density at radius 1 is 1.16 bits per heavy atom. The van der Waals surface area contributed by atoms with Gasteiger partial charge in [-0.25, -0.2) is 4.98 Å². The minimum Gasteiger partial charge on any atom is -0.494 e. The normalized spacial score (nSPS) is 10.4. The monoisotopic (exact) mass is 441 g/mol. The number of nitro groups is 1. The zero-order chi connectivity index (χ0) is 22.2. The van der Waals surface area contributed by atoms with Crippen LogP contribution in [-0.4, -0.2) is 22.4 Å². The van der Waals surface area contributed by atoms with Gasteiger partial charge >= 0.3 is 0 Å². The Balaban J connectivity index is 1.67. The van der Waals surface area contributed by atoms with Crippen molar-refractivity contribution >= 4 is 23.2 Å². The van der Waals surface area contributed by atoms with Crippen molar-refractivity contribution in [3.8, 4) is 17.4 Å². The molecule has 0 fully saturated rings. The number of carbonyl (C=O) groups excluding carboxylic acids is 1. The lowest BCUT2D eigenvalue weighted by atomic mass is 10.2. The molecule has 31 heavy (non-hydrogen) atoms. The van der Waals surface area contributed by atoms with E-state index in [0.717, 1.165) is 18.2 Å². The van der Waals surface area contributed by atoms with Crippen molar-refractivity contribution in [3.05, 3.63) is 87.1 Å². The molecule has 160 valence electrons. The van der Waals surface area contributed by atoms with Crippen LogP contribution in [-0.2, 0) is 6.54 Å². The summed E-state index contributed by atoms with van der Waals surface area (Å²) >= 11 is 6.02. The molecule has 0 saturated heterocycles. The van der Waals surface area contributed by atoms with E-state index in [9.17, 15) is 14.9 Å². The van der Waals surface area contributed by atoms with Crippen molar-refractivity contribution in [1.29, 1.82) is 0 Å². The average Bonchev–Trinajstić information content (AvgIpc) is 2.77. The Morgan fingerprint density at radius 2 is 1.90 bits per heavy atom. The maximum atomic E-state index is 12.5. The van der Waals surface area contributed by atoms with Crippen molar-refractivity contribution < 1.29 is 19.2 Å². The van der Waals surface area contributed by atoms with Gasteiger partial charge in [-0.3, -0.25) is 14.9 Å². The number of ether oxygens (including phenoxy) is 2. The van der Waals surface area contributed by atoms with Crippen LogP contribution in [0.3, 0.4) is 0 Å². The summed E-state index contributed by atoms with van der Waals surface area (Å²) in [4.78, 5) is 27.0. The maximum Gasteiger partial charge on any atom is 0.270 e. The summed E-state index contributed by atoms with van der Waals surface area (Å²) in [6.07, 6.45) is 2.51. The molecule has 0 atom stereocenters. The first-order chi connectivity index (χ1) is 15.0. The van der Waals surface area contributed by atoms with Crippen LogP contribution in [0.2, 0.25) is 5.02 Å². The van der Waals surface area contributed by atoms with Gasteiger partial charge in [-0.1, -0.05) is 24.6 Å². The molecule has 8 nitrogen and oxygen atoms in total. The highest BCUT2D eigenvalue weighted by atomic mass is 35.5. The SMILES string of the molecule is CCCOc1ccc(Oc2ncccc2CNC(=O)c2ccc([N+](=O)[O-])cc2Cl)cc1. The third kappa shape index (κ3) is 5.93. The van der Waals surface area contributed by atoms with Crippen LogP contribution in [0.5, 0.6) is 17.4 Å². The van der Waals surface area contributed by atoms with E-state index in [4.69, 9.17) is 21.1 Å². The van der Waals surface area contributed by atoms with Gasteiger partial charge in [0.15, 0.2) is 0 Å². The molecule has 1 amide bonds. The Morgan fingerprint density at radius 3 is 2.58 bits per heavy atom. The summed E-state index contributed by atoms with van der Waals surface area (Å²) in [5.41, 5.74) is 0.608. The molecule has 0 unspecified atom stereocenters. The fourth-order valence-electron chi connectivity index (χ4n) is 2.66. The zero-order valence-corrected chi connectivity index (χ0v) is 17.5. The second kappa shape index (κ2) is 10.4. The van der Waals surface area contributed by atoms with Gasteiger partial charge in [-0.15, -0.1) is 0 Å². The topological polar surface area (TPSA) is 104 Å². The number of hydrogen-bond donors (Lipinski definition) is 1. The maximum absolute atomic E-state index is 12.5. The van der Waals surface area contributed by atoms with Crippen molar-refractivity contribution in [2.75, 3.05) is 6.61 Å². The number of rotatable bonds is 9. The number of nitrogens with one attached hydrogen (secondary N) is 1. The zero-order valence-electron chi connectivity index (χ0n) is 16.7. The molecule has 3 rings (SSSR count). The largest absolute Gasteiger partial charge is 0.494 e. The number of halogens is 1. The smallest absolute Gasteiger partial charge is 0.270 e. The summed E-state index contributed by atoms with van der Waals surface area (Å²) in [6, 6.07) is 14.4. The molecule has 9 heteroatoms. The Labute approximate surface area is 183 Å². The first kappa shape index (κ1) is 22.0. The summed E-state index contributed by atoms with van der Waals surface area (Å²) < 4.78 is 11.4. The average molecular weight is 442 g/mol. The molecule has 2 aromatic carbocycles. The molecule has 1 N–H and O–H groups in total. The van der Waals surface area contributed by atoms with Crippen molar-refractivity contribution in [2.24, 2.45) is 0 Å². The molecule has 1 aromatic heterocycles. The highest BCUT2D eigenvalue weighted by Crippen LogP contribution is 2.26. The van der Waals surface area contributed by atoms with Gasteiger partial charge in [0.1, 0.15) is 11.5 Å². The number of nitrogens with zero attached hydrogens (tertiary/aromatic N) is 2. The third-order valence-corrected chi connectivity index (χ3v) is 4.52. The Bertz CT molecular complexity index is 1070. The lowest BCUT2D eigenvalue weighted by Crippen LogP contribution is -2.23. The number of amides is 1. The van der Waals surface area contributed by atoms with Crippen molar-refractivity contribution in [3.63, 3.8) is 0 Å². The first-order valence-electron chi connectivity index (χ1n) is 9.54. The quantitative estimate of drug-likeness (QED) is 0.363. The summed E-state index contributed by atoms with van der Waals surface area (Å²) in [5.74, 6) is 1.21. The molecule has 0 radical (unpaired) electrons. The number of aromatic nitrogens is 1. The van der Waals surface area contributed by atoms with Crippen LogP contribution in [0.15, 0.2) is 60.8 Å². The van der Waals surface area contributed by atoms with Crippen molar-refractivity contribution in [2.45, 2.75) is 19.9 Å². The van der Waals surface area contributed by atoms with Gasteiger partial charge in [-0.2, -0.15) is 0 Å². The van der Waals surface area contributed by atoms with Crippen LogP contribution in [0.4, 0.5) is 5.69 Å². The van der Waals surface area contributed by atoms with E-state index in [1.807, 2.05) is 19.1 Å². The molecule has 0 saturated carbocycles. The van der Waals surface area contributed by atoms with Crippen LogP contribution in [0, 0.1) is 10.1 Å². The fraction of sp³-hybridized carbons (Fsp3) is 0.182. The fourth-order valence-corrected chi connectivity index (χ4v) is 2.92. The highest BCUT2D eigenvalue weighted by molar-refractivity contribution is 6.34.